The maximum Gasteiger partial charge on any atom is 0.161 e. The normalized spacial score (nSPS) is 42.4. The number of carbonyl (C=O) groups is 1. The van der Waals surface area contributed by atoms with Gasteiger partial charge in [-0.05, 0) is 17.9 Å². The molecule has 0 amide bonds. The van der Waals surface area contributed by atoms with Crippen LogP contribution in [-0.2, 0) is 9.53 Å². The molecule has 0 spiro atoms. The average Bonchev–Trinajstić information content (AvgIpc) is 2.17. The molecule has 4 atom stereocenters. The molecule has 0 aromatic carbocycles. The van der Waals surface area contributed by atoms with Crippen molar-refractivity contribution in [3.05, 3.63) is 24.8 Å². The van der Waals surface area contributed by atoms with Gasteiger partial charge in [-0.1, -0.05) is 12.6 Å². The van der Waals surface area contributed by atoms with Crippen molar-refractivity contribution in [1.82, 2.24) is 0 Å². The summed E-state index contributed by atoms with van der Waals surface area (Å²) in [4.78, 5) is 10.8. The zero-order valence-corrected chi connectivity index (χ0v) is 7.14. The summed E-state index contributed by atoms with van der Waals surface area (Å²) in [6, 6.07) is 0. The van der Waals surface area contributed by atoms with E-state index in [0.29, 0.717) is 6.29 Å². The van der Waals surface area contributed by atoms with E-state index in [-0.39, 0.29) is 12.0 Å². The van der Waals surface area contributed by atoms with Crippen molar-refractivity contribution >= 4 is 6.29 Å². The first kappa shape index (κ1) is 6.51. The van der Waals surface area contributed by atoms with E-state index in [4.69, 9.17) is 8.85 Å². The summed E-state index contributed by atoms with van der Waals surface area (Å²) in [6.45, 7) is 1.98. The van der Waals surface area contributed by atoms with Gasteiger partial charge < -0.3 is 9.84 Å². The van der Waals surface area contributed by atoms with Crippen LogP contribution in [0.4, 0.5) is 0 Å². The molecule has 3 heteroatoms. The first-order valence-electron chi connectivity index (χ1n) is 5.59. The lowest BCUT2D eigenvalue weighted by Crippen LogP contribution is -2.36. The largest absolute Gasteiger partial charge is 0.367 e. The Morgan fingerprint density at radius 3 is 3.15 bits per heavy atom. The Kier molecular flexibility index (Phi) is 2.18. The van der Waals surface area contributed by atoms with E-state index in [1.165, 1.54) is 6.08 Å². The molecule has 3 nitrogen and oxygen atoms in total. The van der Waals surface area contributed by atoms with E-state index in [1.807, 2.05) is 0 Å². The van der Waals surface area contributed by atoms with Crippen molar-refractivity contribution in [3.8, 4) is 0 Å². The molecule has 0 saturated carbocycles. The summed E-state index contributed by atoms with van der Waals surface area (Å²) in [6.07, 6.45) is 0.811. The van der Waals surface area contributed by atoms with E-state index in [1.54, 1.807) is 0 Å². The molecular formula is C10H14O3. The highest BCUT2D eigenvalue weighted by Gasteiger charge is 2.32. The van der Waals surface area contributed by atoms with Crippen LogP contribution in [0.5, 0.6) is 0 Å². The number of hydrogen-bond donors (Lipinski definition) is 1. The number of hydrogen-bond acceptors (Lipinski definition) is 3. The minimum atomic E-state index is -1.21. The van der Waals surface area contributed by atoms with Crippen molar-refractivity contribution in [1.29, 1.82) is 0 Å². The predicted octanol–water partition coefficient (Wildman–Crippen LogP) is 0.899. The molecule has 1 N–H and O–H groups in total. The van der Waals surface area contributed by atoms with Gasteiger partial charge >= 0.3 is 0 Å². The summed E-state index contributed by atoms with van der Waals surface area (Å²) in [5.74, 6) is -1.11. The van der Waals surface area contributed by atoms with Crippen molar-refractivity contribution in [2.24, 2.45) is 11.8 Å². The van der Waals surface area contributed by atoms with Gasteiger partial charge in [-0.15, -0.1) is 6.58 Å². The molecule has 1 aliphatic rings. The number of aliphatic hydroxyl groups is 1. The highest BCUT2D eigenvalue weighted by atomic mass is 16.6. The second kappa shape index (κ2) is 4.35. The SMILES string of the molecule is [2H]C([2H])=C(C=O)[C@H]1CC([2H])O[C@@H](O)[C@@H]1C=C. The molecular weight excluding hydrogens is 168 g/mol. The number of carbonyl (C=O) groups excluding carboxylic acids is 1. The summed E-state index contributed by atoms with van der Waals surface area (Å²) in [7, 11) is 0. The Labute approximate surface area is 81.9 Å². The van der Waals surface area contributed by atoms with Crippen LogP contribution < -0.4 is 0 Å². The average molecular weight is 185 g/mol. The van der Waals surface area contributed by atoms with Crippen LogP contribution in [0.3, 0.4) is 0 Å². The summed E-state index contributed by atoms with van der Waals surface area (Å²) in [5, 5.41) is 9.56. The Bertz CT molecular complexity index is 312. The Balaban J connectivity index is 3.02. The molecule has 1 rings (SSSR count). The van der Waals surface area contributed by atoms with Crippen molar-refractivity contribution in [3.63, 3.8) is 0 Å². The molecule has 13 heavy (non-hydrogen) atoms. The van der Waals surface area contributed by atoms with Gasteiger partial charge in [0.05, 0.1) is 10.7 Å². The molecule has 1 unspecified atom stereocenters. The molecule has 0 aromatic heterocycles. The van der Waals surface area contributed by atoms with Crippen LogP contribution in [0, 0.1) is 11.8 Å². The Morgan fingerprint density at radius 2 is 2.62 bits per heavy atom. The van der Waals surface area contributed by atoms with Crippen LogP contribution in [0.15, 0.2) is 24.8 Å². The Morgan fingerprint density at radius 1 is 1.85 bits per heavy atom. The van der Waals surface area contributed by atoms with E-state index < -0.39 is 31.2 Å². The van der Waals surface area contributed by atoms with Gasteiger partial charge in [-0.2, -0.15) is 0 Å². The van der Waals surface area contributed by atoms with Gasteiger partial charge in [-0.25, -0.2) is 0 Å². The molecule has 0 radical (unpaired) electrons. The molecule has 0 aromatic rings. The number of ether oxygens (including phenoxy) is 1. The third-order valence-electron chi connectivity index (χ3n) is 2.18. The summed E-state index contributed by atoms with van der Waals surface area (Å²) in [5.41, 5.74) is -0.0236. The first-order valence-corrected chi connectivity index (χ1v) is 4.02. The van der Waals surface area contributed by atoms with Crippen LogP contribution in [-0.4, -0.2) is 24.3 Å². The number of aliphatic hydroxyl groups excluding tert-OH is 1. The van der Waals surface area contributed by atoms with Crippen LogP contribution in [0.2, 0.25) is 0 Å². The minimum absolute atomic E-state index is 0.0236. The van der Waals surface area contributed by atoms with Crippen molar-refractivity contribution in [2.75, 3.05) is 6.58 Å². The van der Waals surface area contributed by atoms with Crippen molar-refractivity contribution in [2.45, 2.75) is 12.7 Å². The van der Waals surface area contributed by atoms with Gasteiger partial charge in [0.2, 0.25) is 0 Å². The topological polar surface area (TPSA) is 46.5 Å². The van der Waals surface area contributed by atoms with Crippen molar-refractivity contribution < 1.29 is 18.8 Å². The lowest BCUT2D eigenvalue weighted by molar-refractivity contribution is -0.159. The maximum atomic E-state index is 10.8. The second-order valence-corrected chi connectivity index (χ2v) is 2.92. The third-order valence-corrected chi connectivity index (χ3v) is 2.18. The standard InChI is InChI=1S/C10H14O3/c1-3-8-9(7(2)6-11)4-5-13-10(8)12/h3,6,8-10,12H,1-2,4-5H2/t8-,9-,10-/m1/s1/i2D2,5D/t5?,8-,9-,10-. The van der Waals surface area contributed by atoms with Crippen LogP contribution >= 0.6 is 0 Å². The fraction of sp³-hybridized carbons (Fsp3) is 0.500. The number of aldehydes is 1. The highest BCUT2D eigenvalue weighted by molar-refractivity contribution is 5.73. The summed E-state index contributed by atoms with van der Waals surface area (Å²) >= 11 is 0. The molecule has 1 fully saturated rings. The van der Waals surface area contributed by atoms with E-state index in [2.05, 4.69) is 6.58 Å². The number of allylic oxidation sites excluding steroid dienone is 1. The first-order chi connectivity index (χ1) is 7.51. The predicted molar refractivity (Wildman–Crippen MR) is 49.0 cm³/mol. The molecule has 72 valence electrons. The van der Waals surface area contributed by atoms with Crippen LogP contribution in [0.25, 0.3) is 0 Å². The molecule has 0 bridgehead atoms. The number of rotatable bonds is 3. The molecule has 1 heterocycles. The lowest BCUT2D eigenvalue weighted by atomic mass is 9.82. The summed E-state index contributed by atoms with van der Waals surface area (Å²) < 4.78 is 26.6. The van der Waals surface area contributed by atoms with E-state index in [9.17, 15) is 9.90 Å². The van der Waals surface area contributed by atoms with E-state index >= 15 is 0 Å². The Hall–Kier alpha value is -0.930. The quantitative estimate of drug-likeness (QED) is 0.403. The monoisotopic (exact) mass is 185 g/mol. The van der Waals surface area contributed by atoms with Gasteiger partial charge in [-0.3, -0.25) is 4.79 Å². The minimum Gasteiger partial charge on any atom is -0.367 e. The van der Waals surface area contributed by atoms with E-state index in [0.717, 1.165) is 0 Å². The highest BCUT2D eigenvalue weighted by Crippen LogP contribution is 2.30. The fourth-order valence-electron chi connectivity index (χ4n) is 1.41. The van der Waals surface area contributed by atoms with Gasteiger partial charge in [0.1, 0.15) is 6.29 Å². The fourth-order valence-corrected chi connectivity index (χ4v) is 1.41. The zero-order chi connectivity index (χ0) is 12.3. The third kappa shape index (κ3) is 2.05. The molecule has 1 saturated heterocycles. The smallest absolute Gasteiger partial charge is 0.161 e. The molecule has 1 aliphatic heterocycles. The maximum absolute atomic E-state index is 10.8. The molecule has 0 aliphatic carbocycles. The van der Waals surface area contributed by atoms with Crippen LogP contribution in [0.1, 0.15) is 10.5 Å². The van der Waals surface area contributed by atoms with Gasteiger partial charge in [0.25, 0.3) is 0 Å². The zero-order valence-electron chi connectivity index (χ0n) is 10.1. The second-order valence-electron chi connectivity index (χ2n) is 2.92. The van der Waals surface area contributed by atoms with Gasteiger partial charge in [0, 0.05) is 5.92 Å². The van der Waals surface area contributed by atoms with Gasteiger partial charge in [0.15, 0.2) is 6.29 Å². The lowest BCUT2D eigenvalue weighted by Gasteiger charge is -2.33.